The number of nitrogens with zero attached hydrogens (tertiary/aromatic N) is 1. The number of benzene rings is 1. The summed E-state index contributed by atoms with van der Waals surface area (Å²) in [5, 5.41) is 2.60. The highest BCUT2D eigenvalue weighted by Crippen LogP contribution is 2.34. The number of amides is 3. The standard InChI is InChI=1S/C19H20N2O5/c22-16(20-13-6-2-1-3-7-13)12-26-17(23)10-11-21-18(24)14-8-4-5-9-15(14)19(21)25/h1-7,14-15H,8-12H2,(H,20,22)/t14-,15-/m1/s1. The quantitative estimate of drug-likeness (QED) is 0.474. The number of hydrogen-bond donors (Lipinski definition) is 1. The van der Waals surface area contributed by atoms with Gasteiger partial charge in [0.25, 0.3) is 5.91 Å². The van der Waals surface area contributed by atoms with Gasteiger partial charge in [0.15, 0.2) is 6.61 Å². The van der Waals surface area contributed by atoms with E-state index in [4.69, 9.17) is 4.74 Å². The lowest BCUT2D eigenvalue weighted by molar-refractivity contribution is -0.148. The van der Waals surface area contributed by atoms with E-state index in [0.29, 0.717) is 18.5 Å². The van der Waals surface area contributed by atoms with Gasteiger partial charge >= 0.3 is 5.97 Å². The van der Waals surface area contributed by atoms with E-state index in [1.165, 1.54) is 0 Å². The second kappa shape index (κ2) is 7.95. The van der Waals surface area contributed by atoms with E-state index in [1.54, 1.807) is 24.3 Å². The number of anilines is 1. The minimum Gasteiger partial charge on any atom is -0.456 e. The van der Waals surface area contributed by atoms with Crippen LogP contribution in [0, 0.1) is 11.8 Å². The average Bonchev–Trinajstić information content (AvgIpc) is 2.90. The predicted molar refractivity (Wildman–Crippen MR) is 92.7 cm³/mol. The van der Waals surface area contributed by atoms with Gasteiger partial charge in [0.2, 0.25) is 11.8 Å². The van der Waals surface area contributed by atoms with E-state index in [1.807, 2.05) is 18.2 Å². The van der Waals surface area contributed by atoms with Crippen molar-refractivity contribution in [2.24, 2.45) is 11.8 Å². The van der Waals surface area contributed by atoms with Gasteiger partial charge in [-0.3, -0.25) is 24.1 Å². The Kier molecular flexibility index (Phi) is 5.46. The van der Waals surface area contributed by atoms with E-state index < -0.39 is 18.5 Å². The lowest BCUT2D eigenvalue weighted by Gasteiger charge is -2.14. The predicted octanol–water partition coefficient (Wildman–Crippen LogP) is 1.51. The summed E-state index contributed by atoms with van der Waals surface area (Å²) in [6, 6.07) is 8.82. The molecule has 0 aromatic heterocycles. The molecule has 0 spiro atoms. The number of allylic oxidation sites excluding steroid dienone is 2. The van der Waals surface area contributed by atoms with Crippen LogP contribution >= 0.6 is 0 Å². The van der Waals surface area contributed by atoms with E-state index in [-0.39, 0.29) is 36.6 Å². The monoisotopic (exact) mass is 356 g/mol. The number of ether oxygens (including phenoxy) is 1. The summed E-state index contributed by atoms with van der Waals surface area (Å²) >= 11 is 0. The largest absolute Gasteiger partial charge is 0.456 e. The highest BCUT2D eigenvalue weighted by molar-refractivity contribution is 6.05. The zero-order valence-corrected chi connectivity index (χ0v) is 14.2. The van der Waals surface area contributed by atoms with Gasteiger partial charge in [0.1, 0.15) is 0 Å². The van der Waals surface area contributed by atoms with Gasteiger partial charge < -0.3 is 10.1 Å². The Hall–Kier alpha value is -2.96. The summed E-state index contributed by atoms with van der Waals surface area (Å²) in [5.74, 6) is -2.13. The van der Waals surface area contributed by atoms with E-state index >= 15 is 0 Å². The van der Waals surface area contributed by atoms with Crippen LogP contribution in [0.25, 0.3) is 0 Å². The second-order valence-corrected chi connectivity index (χ2v) is 6.31. The first-order valence-corrected chi connectivity index (χ1v) is 8.57. The van der Waals surface area contributed by atoms with Crippen molar-refractivity contribution in [3.63, 3.8) is 0 Å². The molecule has 26 heavy (non-hydrogen) atoms. The molecule has 1 heterocycles. The molecular formula is C19H20N2O5. The molecular weight excluding hydrogens is 336 g/mol. The first-order chi connectivity index (χ1) is 12.6. The number of fused-ring (bicyclic) bond motifs is 1. The van der Waals surface area contributed by atoms with Gasteiger partial charge in [-0.15, -0.1) is 0 Å². The highest BCUT2D eigenvalue weighted by Gasteiger charge is 2.46. The Bertz CT molecular complexity index is 718. The summed E-state index contributed by atoms with van der Waals surface area (Å²) in [7, 11) is 0. The molecule has 1 saturated heterocycles. The maximum Gasteiger partial charge on any atom is 0.308 e. The molecule has 136 valence electrons. The Morgan fingerprint density at radius 2 is 1.65 bits per heavy atom. The van der Waals surface area contributed by atoms with Crippen molar-refractivity contribution in [1.82, 2.24) is 4.90 Å². The molecule has 3 rings (SSSR count). The van der Waals surface area contributed by atoms with Crippen LogP contribution in [0.1, 0.15) is 19.3 Å². The van der Waals surface area contributed by atoms with E-state index in [0.717, 1.165) is 4.90 Å². The van der Waals surface area contributed by atoms with Crippen molar-refractivity contribution in [2.45, 2.75) is 19.3 Å². The maximum absolute atomic E-state index is 12.3. The highest BCUT2D eigenvalue weighted by atomic mass is 16.5. The molecule has 2 aliphatic rings. The molecule has 0 bridgehead atoms. The van der Waals surface area contributed by atoms with Gasteiger partial charge in [-0.1, -0.05) is 30.4 Å². The van der Waals surface area contributed by atoms with Crippen LogP contribution in [-0.2, 0) is 23.9 Å². The average molecular weight is 356 g/mol. The number of rotatable bonds is 6. The van der Waals surface area contributed by atoms with Crippen molar-refractivity contribution in [3.05, 3.63) is 42.5 Å². The number of esters is 1. The number of para-hydroxylation sites is 1. The molecule has 7 nitrogen and oxygen atoms in total. The van der Waals surface area contributed by atoms with Gasteiger partial charge in [0.05, 0.1) is 18.3 Å². The molecule has 1 fully saturated rings. The summed E-state index contributed by atoms with van der Waals surface area (Å²) < 4.78 is 4.91. The van der Waals surface area contributed by atoms with Crippen LogP contribution in [0.3, 0.4) is 0 Å². The van der Waals surface area contributed by atoms with Crippen molar-refractivity contribution in [3.8, 4) is 0 Å². The lowest BCUT2D eigenvalue weighted by Crippen LogP contribution is -2.33. The first kappa shape index (κ1) is 17.8. The van der Waals surface area contributed by atoms with Crippen LogP contribution < -0.4 is 5.32 Å². The fraction of sp³-hybridized carbons (Fsp3) is 0.368. The van der Waals surface area contributed by atoms with E-state index in [2.05, 4.69) is 5.32 Å². The Labute approximate surface area is 151 Å². The Morgan fingerprint density at radius 1 is 1.04 bits per heavy atom. The Morgan fingerprint density at radius 3 is 2.27 bits per heavy atom. The molecule has 0 radical (unpaired) electrons. The van der Waals surface area contributed by atoms with Crippen LogP contribution in [0.15, 0.2) is 42.5 Å². The SMILES string of the molecule is O=C(COC(=O)CCN1C(=O)[C@@H]2CC=CC[C@H]2C1=O)Nc1ccccc1. The number of carbonyl (C=O) groups excluding carboxylic acids is 4. The molecule has 3 amide bonds. The van der Waals surface area contributed by atoms with Crippen LogP contribution in [-0.4, -0.2) is 41.7 Å². The molecule has 0 unspecified atom stereocenters. The molecule has 1 aromatic rings. The smallest absolute Gasteiger partial charge is 0.308 e. The molecule has 2 atom stereocenters. The summed E-state index contributed by atoms with van der Waals surface area (Å²) in [5.41, 5.74) is 0.609. The van der Waals surface area contributed by atoms with Crippen molar-refractivity contribution < 1.29 is 23.9 Å². The molecule has 1 N–H and O–H groups in total. The van der Waals surface area contributed by atoms with Crippen LogP contribution in [0.4, 0.5) is 5.69 Å². The summed E-state index contributed by atoms with van der Waals surface area (Å²) in [6.45, 7) is -0.422. The zero-order valence-electron chi connectivity index (χ0n) is 14.2. The lowest BCUT2D eigenvalue weighted by atomic mass is 9.85. The zero-order chi connectivity index (χ0) is 18.5. The van der Waals surface area contributed by atoms with Crippen LogP contribution in [0.2, 0.25) is 0 Å². The normalized spacial score (nSPS) is 21.5. The third-order valence-corrected chi connectivity index (χ3v) is 4.56. The molecule has 1 aliphatic carbocycles. The number of imide groups is 1. The minimum absolute atomic E-state index is 0.0101. The summed E-state index contributed by atoms with van der Waals surface area (Å²) in [4.78, 5) is 49.3. The topological polar surface area (TPSA) is 92.8 Å². The molecule has 1 aromatic carbocycles. The van der Waals surface area contributed by atoms with Crippen molar-refractivity contribution in [1.29, 1.82) is 0 Å². The first-order valence-electron chi connectivity index (χ1n) is 8.57. The fourth-order valence-electron chi connectivity index (χ4n) is 3.23. The van der Waals surface area contributed by atoms with Crippen molar-refractivity contribution >= 4 is 29.4 Å². The van der Waals surface area contributed by atoms with Gasteiger partial charge in [-0.05, 0) is 25.0 Å². The number of hydrogen-bond acceptors (Lipinski definition) is 5. The fourth-order valence-corrected chi connectivity index (χ4v) is 3.23. The van der Waals surface area contributed by atoms with Gasteiger partial charge in [-0.25, -0.2) is 0 Å². The van der Waals surface area contributed by atoms with Crippen LogP contribution in [0.5, 0.6) is 0 Å². The van der Waals surface area contributed by atoms with Gasteiger partial charge in [-0.2, -0.15) is 0 Å². The van der Waals surface area contributed by atoms with Gasteiger partial charge in [0, 0.05) is 12.2 Å². The molecule has 7 heteroatoms. The maximum atomic E-state index is 12.3. The second-order valence-electron chi connectivity index (χ2n) is 6.31. The number of carbonyl (C=O) groups is 4. The summed E-state index contributed by atoms with van der Waals surface area (Å²) in [6.07, 6.45) is 4.83. The minimum atomic E-state index is -0.623. The third kappa shape index (κ3) is 3.99. The Balaban J connectivity index is 1.42. The third-order valence-electron chi connectivity index (χ3n) is 4.56. The molecule has 1 aliphatic heterocycles. The van der Waals surface area contributed by atoms with Crippen molar-refractivity contribution in [2.75, 3.05) is 18.5 Å². The number of nitrogens with one attached hydrogen (secondary N) is 1. The van der Waals surface area contributed by atoms with E-state index in [9.17, 15) is 19.2 Å². The number of likely N-dealkylation sites (tertiary alicyclic amines) is 1. The molecule has 0 saturated carbocycles.